The predicted octanol–water partition coefficient (Wildman–Crippen LogP) is 1.60. The van der Waals surface area contributed by atoms with Crippen LogP contribution in [0.1, 0.15) is 24.2 Å². The minimum Gasteiger partial charge on any atom is -0.506 e. The Morgan fingerprint density at radius 3 is 2.48 bits per heavy atom. The molecule has 0 bridgehead atoms. The fourth-order valence-electron chi connectivity index (χ4n) is 2.10. The number of carboxylic acids is 1. The zero-order chi connectivity index (χ0) is 17.5. The van der Waals surface area contributed by atoms with Crippen LogP contribution < -0.4 is 10.9 Å². The number of halogens is 1. The Morgan fingerprint density at radius 2 is 1.91 bits per heavy atom. The number of aliphatic carboxylic acids is 1. The Bertz CT molecular complexity index is 886. The first kappa shape index (κ1) is 17.0. The van der Waals surface area contributed by atoms with Gasteiger partial charge in [-0.05, 0) is 32.0 Å². The molecule has 0 aliphatic carbocycles. The molecule has 0 unspecified atom stereocenters. The average Bonchev–Trinajstić information content (AvgIpc) is 2.44. The second-order valence-electron chi connectivity index (χ2n) is 5.63. The SMILES string of the molecule is Cn1c(=O)c(C(=O)NC(C)(C)C(=O)O)c(O)c2ccc(Br)cc21. The van der Waals surface area contributed by atoms with Crippen LogP contribution >= 0.6 is 15.9 Å². The summed E-state index contributed by atoms with van der Waals surface area (Å²) in [5.41, 5.74) is -2.34. The van der Waals surface area contributed by atoms with Crippen molar-refractivity contribution in [1.82, 2.24) is 9.88 Å². The Balaban J connectivity index is 2.67. The second-order valence-corrected chi connectivity index (χ2v) is 6.55. The molecule has 0 saturated heterocycles. The van der Waals surface area contributed by atoms with Crippen LogP contribution in [0, 0.1) is 0 Å². The molecule has 8 heteroatoms. The maximum atomic E-state index is 12.4. The van der Waals surface area contributed by atoms with Crippen LogP contribution in [-0.4, -0.2) is 32.2 Å². The molecule has 23 heavy (non-hydrogen) atoms. The summed E-state index contributed by atoms with van der Waals surface area (Å²) in [5, 5.41) is 21.9. The molecule has 0 fully saturated rings. The molecule has 1 aromatic heterocycles. The number of carbonyl (C=O) groups is 2. The lowest BCUT2D eigenvalue weighted by molar-refractivity contribution is -0.143. The summed E-state index contributed by atoms with van der Waals surface area (Å²) >= 11 is 3.28. The Morgan fingerprint density at radius 1 is 1.30 bits per heavy atom. The van der Waals surface area contributed by atoms with E-state index in [1.807, 2.05) is 0 Å². The monoisotopic (exact) mass is 382 g/mol. The van der Waals surface area contributed by atoms with E-state index in [1.165, 1.54) is 25.5 Å². The molecule has 1 aromatic carbocycles. The first-order valence-corrected chi connectivity index (χ1v) is 7.42. The standard InChI is InChI=1S/C15H15BrN2O5/c1-15(2,14(22)23)17-12(20)10-11(19)8-5-4-7(16)6-9(8)18(3)13(10)21/h4-6,19H,1-3H3,(H,17,20)(H,22,23). The van der Waals surface area contributed by atoms with Crippen molar-refractivity contribution >= 4 is 38.7 Å². The Hall–Kier alpha value is -2.35. The number of amides is 1. The number of nitrogens with zero attached hydrogens (tertiary/aromatic N) is 1. The molecule has 7 nitrogen and oxygen atoms in total. The Labute approximate surface area is 139 Å². The third kappa shape index (κ3) is 2.94. The van der Waals surface area contributed by atoms with Gasteiger partial charge in [-0.3, -0.25) is 9.59 Å². The first-order valence-electron chi connectivity index (χ1n) is 6.63. The van der Waals surface area contributed by atoms with Crippen molar-refractivity contribution < 1.29 is 19.8 Å². The van der Waals surface area contributed by atoms with Gasteiger partial charge in [0.1, 0.15) is 16.9 Å². The molecular weight excluding hydrogens is 368 g/mol. The van der Waals surface area contributed by atoms with Gasteiger partial charge in [0.15, 0.2) is 0 Å². The van der Waals surface area contributed by atoms with Crippen LogP contribution in [0.2, 0.25) is 0 Å². The molecule has 122 valence electrons. The normalized spacial score (nSPS) is 11.5. The summed E-state index contributed by atoms with van der Waals surface area (Å²) in [7, 11) is 1.47. The zero-order valence-electron chi connectivity index (χ0n) is 12.7. The van der Waals surface area contributed by atoms with Crippen molar-refractivity contribution in [2.24, 2.45) is 7.05 Å². The number of rotatable bonds is 3. The highest BCUT2D eigenvalue weighted by molar-refractivity contribution is 9.10. The molecule has 1 amide bonds. The lowest BCUT2D eigenvalue weighted by Gasteiger charge is -2.21. The number of aryl methyl sites for hydroxylation is 1. The summed E-state index contributed by atoms with van der Waals surface area (Å²) in [5.74, 6) is -2.68. The minimum absolute atomic E-state index is 0.314. The van der Waals surface area contributed by atoms with Gasteiger partial charge in [-0.1, -0.05) is 15.9 Å². The van der Waals surface area contributed by atoms with E-state index in [0.29, 0.717) is 15.4 Å². The molecule has 2 rings (SSSR count). The Kier molecular flexibility index (Phi) is 4.21. The predicted molar refractivity (Wildman–Crippen MR) is 87.7 cm³/mol. The fraction of sp³-hybridized carbons (Fsp3) is 0.267. The van der Waals surface area contributed by atoms with Gasteiger partial charge in [0.25, 0.3) is 11.5 Å². The number of aromatic nitrogens is 1. The molecule has 0 radical (unpaired) electrons. The number of nitrogens with one attached hydrogen (secondary N) is 1. The smallest absolute Gasteiger partial charge is 0.328 e. The summed E-state index contributed by atoms with van der Waals surface area (Å²) in [6.07, 6.45) is 0. The van der Waals surface area contributed by atoms with E-state index < -0.39 is 34.3 Å². The van der Waals surface area contributed by atoms with Gasteiger partial charge < -0.3 is 20.1 Å². The number of aromatic hydroxyl groups is 1. The zero-order valence-corrected chi connectivity index (χ0v) is 14.3. The fourth-order valence-corrected chi connectivity index (χ4v) is 2.45. The van der Waals surface area contributed by atoms with Crippen LogP contribution in [0.25, 0.3) is 10.9 Å². The van der Waals surface area contributed by atoms with E-state index in [4.69, 9.17) is 5.11 Å². The molecule has 1 heterocycles. The number of carboxylic acid groups (broad SMARTS) is 1. The number of carbonyl (C=O) groups excluding carboxylic acids is 1. The number of hydrogen-bond donors (Lipinski definition) is 3. The third-order valence-corrected chi connectivity index (χ3v) is 4.01. The highest BCUT2D eigenvalue weighted by Gasteiger charge is 2.32. The number of hydrogen-bond acceptors (Lipinski definition) is 4. The summed E-state index contributed by atoms with van der Waals surface area (Å²) in [6.45, 7) is 2.57. The van der Waals surface area contributed by atoms with Crippen molar-refractivity contribution in [1.29, 1.82) is 0 Å². The van der Waals surface area contributed by atoms with Gasteiger partial charge in [-0.25, -0.2) is 4.79 Å². The topological polar surface area (TPSA) is 109 Å². The molecule has 0 aliphatic rings. The van der Waals surface area contributed by atoms with Crippen molar-refractivity contribution in [3.63, 3.8) is 0 Å². The lowest BCUT2D eigenvalue weighted by atomic mass is 10.0. The van der Waals surface area contributed by atoms with Crippen LogP contribution in [0.4, 0.5) is 0 Å². The van der Waals surface area contributed by atoms with Crippen LogP contribution in [0.15, 0.2) is 27.5 Å². The number of benzene rings is 1. The van der Waals surface area contributed by atoms with Crippen molar-refractivity contribution in [3.8, 4) is 5.75 Å². The van der Waals surface area contributed by atoms with Crippen LogP contribution in [-0.2, 0) is 11.8 Å². The summed E-state index contributed by atoms with van der Waals surface area (Å²) in [6, 6.07) is 4.86. The highest BCUT2D eigenvalue weighted by atomic mass is 79.9. The van der Waals surface area contributed by atoms with E-state index in [0.717, 1.165) is 0 Å². The van der Waals surface area contributed by atoms with E-state index in [-0.39, 0.29) is 0 Å². The second kappa shape index (κ2) is 5.69. The quantitative estimate of drug-likeness (QED) is 0.746. The lowest BCUT2D eigenvalue weighted by Crippen LogP contribution is -2.50. The third-order valence-electron chi connectivity index (χ3n) is 3.52. The number of fused-ring (bicyclic) bond motifs is 1. The van der Waals surface area contributed by atoms with E-state index >= 15 is 0 Å². The van der Waals surface area contributed by atoms with Gasteiger partial charge in [-0.2, -0.15) is 0 Å². The minimum atomic E-state index is -1.58. The maximum absolute atomic E-state index is 12.4. The molecule has 0 aliphatic heterocycles. The molecular formula is C15H15BrN2O5. The summed E-state index contributed by atoms with van der Waals surface area (Å²) < 4.78 is 1.94. The van der Waals surface area contributed by atoms with Crippen molar-refractivity contribution in [2.75, 3.05) is 0 Å². The molecule has 3 N–H and O–H groups in total. The molecule has 0 spiro atoms. The van der Waals surface area contributed by atoms with E-state index in [9.17, 15) is 19.5 Å². The van der Waals surface area contributed by atoms with Gasteiger partial charge in [0.05, 0.1) is 5.52 Å². The average molecular weight is 383 g/mol. The summed E-state index contributed by atoms with van der Waals surface area (Å²) in [4.78, 5) is 35.8. The van der Waals surface area contributed by atoms with Crippen LogP contribution in [0.3, 0.4) is 0 Å². The van der Waals surface area contributed by atoms with Crippen LogP contribution in [0.5, 0.6) is 5.75 Å². The largest absolute Gasteiger partial charge is 0.506 e. The number of pyridine rings is 1. The molecule has 0 saturated carbocycles. The van der Waals surface area contributed by atoms with Gasteiger partial charge in [-0.15, -0.1) is 0 Å². The van der Waals surface area contributed by atoms with E-state index in [1.54, 1.807) is 18.2 Å². The van der Waals surface area contributed by atoms with Gasteiger partial charge in [0.2, 0.25) is 0 Å². The van der Waals surface area contributed by atoms with Gasteiger partial charge in [0, 0.05) is 16.9 Å². The first-order chi connectivity index (χ1) is 10.6. The molecule has 0 atom stereocenters. The van der Waals surface area contributed by atoms with Crippen molar-refractivity contribution in [3.05, 3.63) is 38.6 Å². The molecule has 2 aromatic rings. The highest BCUT2D eigenvalue weighted by Crippen LogP contribution is 2.28. The van der Waals surface area contributed by atoms with Crippen molar-refractivity contribution in [2.45, 2.75) is 19.4 Å². The van der Waals surface area contributed by atoms with E-state index in [2.05, 4.69) is 21.2 Å². The maximum Gasteiger partial charge on any atom is 0.328 e. The van der Waals surface area contributed by atoms with Gasteiger partial charge >= 0.3 is 5.97 Å².